The van der Waals surface area contributed by atoms with Crippen molar-refractivity contribution >= 4 is 44.3 Å². The summed E-state index contributed by atoms with van der Waals surface area (Å²) in [5.74, 6) is -1.17. The minimum atomic E-state index is -3.66. The predicted octanol–water partition coefficient (Wildman–Crippen LogP) is 5.96. The Morgan fingerprint density at radius 2 is 1.67 bits per heavy atom. The van der Waals surface area contributed by atoms with Crippen LogP contribution in [0.1, 0.15) is 47.2 Å². The molecule has 0 unspecified atom stereocenters. The number of aliphatic carboxylic acids is 1. The molecule has 1 aliphatic heterocycles. The molecule has 0 saturated carbocycles. The van der Waals surface area contributed by atoms with Gasteiger partial charge in [-0.2, -0.15) is 0 Å². The number of ketones is 1. The van der Waals surface area contributed by atoms with Crippen LogP contribution >= 0.6 is 11.6 Å². The summed E-state index contributed by atoms with van der Waals surface area (Å²) >= 11 is 5.88. The van der Waals surface area contributed by atoms with E-state index in [9.17, 15) is 27.5 Å². The average molecular weight is 654 g/mol. The first kappa shape index (κ1) is 32.8. The van der Waals surface area contributed by atoms with Crippen LogP contribution in [0.5, 0.6) is 0 Å². The number of nitrogens with zero attached hydrogens (tertiary/aromatic N) is 2. The molecule has 1 saturated heterocycles. The Kier molecular flexibility index (Phi) is 10.7. The Morgan fingerprint density at radius 1 is 0.956 bits per heavy atom. The maximum atomic E-state index is 13.2. The number of Topliss-reactive ketones (excluding diaryl/α,β-unsaturated/α-hetero) is 1. The smallest absolute Gasteiger partial charge is 0.305 e. The first-order valence-corrected chi connectivity index (χ1v) is 17.0. The van der Waals surface area contributed by atoms with Gasteiger partial charge >= 0.3 is 5.97 Å². The van der Waals surface area contributed by atoms with E-state index in [0.717, 1.165) is 67.3 Å². The number of benzene rings is 3. The highest BCUT2D eigenvalue weighted by Crippen LogP contribution is 2.26. The molecular formula is C34H37ClFN3O5S. The molecule has 1 fully saturated rings. The lowest BCUT2D eigenvalue weighted by molar-refractivity contribution is -0.137. The molecule has 238 valence electrons. The highest BCUT2D eigenvalue weighted by molar-refractivity contribution is 7.89. The second-order valence-electron chi connectivity index (χ2n) is 11.5. The first-order chi connectivity index (χ1) is 21.6. The lowest BCUT2D eigenvalue weighted by Crippen LogP contribution is -2.37. The second-order valence-corrected chi connectivity index (χ2v) is 13.7. The SMILES string of the molecule is O=C(O)CCn1cc(CCCN2CCC(C(=O)c3ccc(F)cc3)CC2)c2cc(CCNS(=O)(=O)c3ccc(Cl)cc3)ccc21. The number of carboxylic acids is 1. The highest BCUT2D eigenvalue weighted by Gasteiger charge is 2.25. The number of halogens is 2. The van der Waals surface area contributed by atoms with Gasteiger partial charge in [0.05, 0.1) is 11.3 Å². The van der Waals surface area contributed by atoms with Crippen molar-refractivity contribution in [2.75, 3.05) is 26.2 Å². The van der Waals surface area contributed by atoms with Crippen LogP contribution in [0.2, 0.25) is 5.02 Å². The molecule has 1 aromatic heterocycles. The van der Waals surface area contributed by atoms with Crippen LogP contribution in [0.3, 0.4) is 0 Å². The maximum absolute atomic E-state index is 13.2. The third-order valence-corrected chi connectivity index (χ3v) is 10.2. The van der Waals surface area contributed by atoms with Gasteiger partial charge in [-0.1, -0.05) is 17.7 Å². The summed E-state index contributed by atoms with van der Waals surface area (Å²) in [5, 5.41) is 10.8. The summed E-state index contributed by atoms with van der Waals surface area (Å²) in [6, 6.07) is 17.8. The Labute approximate surface area is 267 Å². The standard InChI is InChI=1S/C34H37ClFN3O5S/c35-28-6-10-30(11-7-28)45(43,44)37-17-13-24-3-12-32-31(22-24)27(23-39(32)21-16-33(40)41)2-1-18-38-19-14-26(15-20-38)34(42)25-4-8-29(36)9-5-25/h3-12,22-23,26,37H,1-2,13-21H2,(H,40,41). The van der Waals surface area contributed by atoms with Crippen molar-refractivity contribution in [2.24, 2.45) is 5.92 Å². The van der Waals surface area contributed by atoms with Crippen LogP contribution < -0.4 is 4.72 Å². The summed E-state index contributed by atoms with van der Waals surface area (Å²) in [7, 11) is -3.66. The number of sulfonamides is 1. The lowest BCUT2D eigenvalue weighted by Gasteiger charge is -2.31. The van der Waals surface area contributed by atoms with Gasteiger partial charge in [0.15, 0.2) is 5.78 Å². The topological polar surface area (TPSA) is 109 Å². The quantitative estimate of drug-likeness (QED) is 0.163. The Morgan fingerprint density at radius 3 is 2.36 bits per heavy atom. The third-order valence-electron chi connectivity index (χ3n) is 8.43. The third kappa shape index (κ3) is 8.58. The molecule has 11 heteroatoms. The zero-order valence-corrected chi connectivity index (χ0v) is 26.5. The summed E-state index contributed by atoms with van der Waals surface area (Å²) < 4.78 is 43.2. The number of hydrogen-bond donors (Lipinski definition) is 2. The molecule has 0 bridgehead atoms. The zero-order chi connectivity index (χ0) is 32.0. The number of likely N-dealkylation sites (tertiary alicyclic amines) is 1. The van der Waals surface area contributed by atoms with E-state index in [2.05, 4.69) is 15.7 Å². The van der Waals surface area contributed by atoms with E-state index in [4.69, 9.17) is 11.6 Å². The molecule has 2 heterocycles. The molecular weight excluding hydrogens is 617 g/mol. The number of hydrogen-bond acceptors (Lipinski definition) is 5. The van der Waals surface area contributed by atoms with Crippen molar-refractivity contribution in [3.63, 3.8) is 0 Å². The van der Waals surface area contributed by atoms with Crippen LogP contribution in [-0.2, 0) is 34.2 Å². The van der Waals surface area contributed by atoms with Gasteiger partial charge in [-0.15, -0.1) is 0 Å². The van der Waals surface area contributed by atoms with Crippen molar-refractivity contribution in [3.8, 4) is 0 Å². The molecule has 0 spiro atoms. The molecule has 45 heavy (non-hydrogen) atoms. The van der Waals surface area contributed by atoms with Crippen molar-refractivity contribution in [3.05, 3.63) is 100 Å². The minimum absolute atomic E-state index is 0.0169. The fraction of sp³-hybridized carbons (Fsp3) is 0.353. The van der Waals surface area contributed by atoms with Gasteiger partial charge in [0, 0.05) is 46.7 Å². The summed E-state index contributed by atoms with van der Waals surface area (Å²) in [5.41, 5.74) is 3.62. The summed E-state index contributed by atoms with van der Waals surface area (Å²) in [6.45, 7) is 3.13. The van der Waals surface area contributed by atoms with E-state index in [0.29, 0.717) is 23.6 Å². The van der Waals surface area contributed by atoms with Crippen molar-refractivity contribution in [1.29, 1.82) is 0 Å². The normalized spacial score (nSPS) is 14.6. The number of carbonyl (C=O) groups is 2. The number of aromatic nitrogens is 1. The highest BCUT2D eigenvalue weighted by atomic mass is 35.5. The van der Waals surface area contributed by atoms with Gasteiger partial charge in [0.1, 0.15) is 5.82 Å². The number of piperidine rings is 1. The number of carboxylic acid groups (broad SMARTS) is 1. The van der Waals surface area contributed by atoms with Crippen LogP contribution in [0.25, 0.3) is 10.9 Å². The minimum Gasteiger partial charge on any atom is -0.481 e. The number of nitrogens with one attached hydrogen (secondary N) is 1. The van der Waals surface area contributed by atoms with E-state index in [-0.39, 0.29) is 35.4 Å². The van der Waals surface area contributed by atoms with Crippen LogP contribution in [0.15, 0.2) is 77.8 Å². The van der Waals surface area contributed by atoms with Crippen LogP contribution in [-0.4, -0.2) is 60.9 Å². The van der Waals surface area contributed by atoms with E-state index in [1.165, 1.54) is 24.3 Å². The predicted molar refractivity (Wildman–Crippen MR) is 173 cm³/mol. The zero-order valence-electron chi connectivity index (χ0n) is 24.9. The van der Waals surface area contributed by atoms with Crippen LogP contribution in [0, 0.1) is 11.7 Å². The molecule has 0 amide bonds. The van der Waals surface area contributed by atoms with Gasteiger partial charge in [-0.3, -0.25) is 9.59 Å². The van der Waals surface area contributed by atoms with E-state index >= 15 is 0 Å². The lowest BCUT2D eigenvalue weighted by atomic mass is 9.89. The summed E-state index contributed by atoms with van der Waals surface area (Å²) in [6.07, 6.45) is 5.80. The average Bonchev–Trinajstić information content (AvgIpc) is 3.37. The molecule has 4 aromatic rings. The monoisotopic (exact) mass is 653 g/mol. The fourth-order valence-electron chi connectivity index (χ4n) is 5.96. The van der Waals surface area contributed by atoms with Gasteiger partial charge in [-0.25, -0.2) is 17.5 Å². The Bertz CT molecular complexity index is 1750. The molecule has 0 radical (unpaired) electrons. The molecule has 8 nitrogen and oxygen atoms in total. The van der Waals surface area contributed by atoms with Gasteiger partial charge < -0.3 is 14.6 Å². The van der Waals surface area contributed by atoms with Crippen molar-refractivity contribution in [2.45, 2.75) is 50.0 Å². The van der Waals surface area contributed by atoms with E-state index < -0.39 is 16.0 Å². The molecule has 0 aliphatic carbocycles. The second kappa shape index (κ2) is 14.7. The maximum Gasteiger partial charge on any atom is 0.305 e. The van der Waals surface area contributed by atoms with Gasteiger partial charge in [0.25, 0.3) is 0 Å². The largest absolute Gasteiger partial charge is 0.481 e. The molecule has 1 aliphatic rings. The number of rotatable bonds is 14. The Balaban J connectivity index is 1.19. The number of fused-ring (bicyclic) bond motifs is 1. The number of carbonyl (C=O) groups excluding carboxylic acids is 1. The van der Waals surface area contributed by atoms with Crippen molar-refractivity contribution < 1.29 is 27.5 Å². The van der Waals surface area contributed by atoms with Gasteiger partial charge in [-0.05, 0) is 124 Å². The fourth-order valence-corrected chi connectivity index (χ4v) is 7.12. The van der Waals surface area contributed by atoms with Crippen molar-refractivity contribution in [1.82, 2.24) is 14.2 Å². The van der Waals surface area contributed by atoms with Crippen LogP contribution in [0.4, 0.5) is 4.39 Å². The Hall–Kier alpha value is -3.57. The first-order valence-electron chi connectivity index (χ1n) is 15.2. The van der Waals surface area contributed by atoms with E-state index in [1.54, 1.807) is 24.3 Å². The molecule has 0 atom stereocenters. The molecule has 3 aromatic carbocycles. The van der Waals surface area contributed by atoms with E-state index in [1.807, 2.05) is 22.9 Å². The van der Waals surface area contributed by atoms with Gasteiger partial charge in [0.2, 0.25) is 10.0 Å². The molecule has 5 rings (SSSR count). The number of aryl methyl sites for hydroxylation is 2. The summed E-state index contributed by atoms with van der Waals surface area (Å²) in [4.78, 5) is 26.6. The molecule has 2 N–H and O–H groups in total.